The maximum atomic E-state index is 4.32. The van der Waals surface area contributed by atoms with Gasteiger partial charge in [0, 0.05) is 10.8 Å². The van der Waals surface area contributed by atoms with Crippen LogP contribution in [0.25, 0.3) is 11.2 Å². The lowest BCUT2D eigenvalue weighted by molar-refractivity contribution is 1.02. The second-order valence-corrected chi connectivity index (χ2v) is 3.46. The third-order valence-electron chi connectivity index (χ3n) is 1.54. The fraction of sp³-hybridized carbons (Fsp3) is 0.286. The molecule has 0 spiro atoms. The summed E-state index contributed by atoms with van der Waals surface area (Å²) >= 11 is 2.32. The van der Waals surface area contributed by atoms with E-state index >= 15 is 0 Å². The van der Waals surface area contributed by atoms with Crippen LogP contribution in [0, 0.1) is 0 Å². The van der Waals surface area contributed by atoms with Crippen molar-refractivity contribution in [2.45, 2.75) is 6.42 Å². The van der Waals surface area contributed by atoms with Crippen LogP contribution in [-0.4, -0.2) is 24.4 Å². The quantitative estimate of drug-likeness (QED) is 0.664. The molecule has 0 saturated carbocycles. The van der Waals surface area contributed by atoms with Gasteiger partial charge in [-0.15, -0.1) is 0 Å². The first-order valence-electron chi connectivity index (χ1n) is 3.60. The second-order valence-electron chi connectivity index (χ2n) is 2.38. The van der Waals surface area contributed by atoms with E-state index in [1.165, 1.54) is 6.33 Å². The van der Waals surface area contributed by atoms with Crippen LogP contribution < -0.4 is 0 Å². The molecule has 0 bridgehead atoms. The number of nitrogens with one attached hydrogen (secondary N) is 1. The van der Waals surface area contributed by atoms with Gasteiger partial charge >= 0.3 is 0 Å². The number of aromatic nitrogens is 4. The molecule has 4 nitrogen and oxygen atoms in total. The number of aromatic amines is 1. The number of H-pyrrole nitrogens is 1. The molecule has 0 saturated heterocycles. The Morgan fingerprint density at radius 3 is 3.17 bits per heavy atom. The molecule has 0 aromatic carbocycles. The van der Waals surface area contributed by atoms with Gasteiger partial charge in [0.1, 0.15) is 17.7 Å². The smallest absolute Gasteiger partial charge is 0.160 e. The summed E-state index contributed by atoms with van der Waals surface area (Å²) in [6, 6.07) is 0. The first kappa shape index (κ1) is 7.90. The van der Waals surface area contributed by atoms with E-state index < -0.39 is 0 Å². The standard InChI is InChI=1S/C7H7IN4/c8-2-1-6-11-5-3-9-4-10-7(5)12-6/h3-4H,1-2H2,(H,9,10,11,12). The number of fused-ring (bicyclic) bond motifs is 1. The van der Waals surface area contributed by atoms with Crippen LogP contribution in [0.5, 0.6) is 0 Å². The van der Waals surface area contributed by atoms with E-state index in [2.05, 4.69) is 42.5 Å². The summed E-state index contributed by atoms with van der Waals surface area (Å²) in [6.45, 7) is 0. The number of hydrogen-bond acceptors (Lipinski definition) is 3. The number of hydrogen-bond donors (Lipinski definition) is 1. The maximum Gasteiger partial charge on any atom is 0.160 e. The van der Waals surface area contributed by atoms with E-state index in [9.17, 15) is 0 Å². The minimum absolute atomic E-state index is 0.824. The summed E-state index contributed by atoms with van der Waals surface area (Å²) in [4.78, 5) is 15.4. The maximum absolute atomic E-state index is 4.32. The van der Waals surface area contributed by atoms with Crippen molar-refractivity contribution in [3.8, 4) is 0 Å². The third kappa shape index (κ3) is 1.40. The fourth-order valence-corrected chi connectivity index (χ4v) is 1.53. The molecule has 0 unspecified atom stereocenters. The number of alkyl halides is 1. The van der Waals surface area contributed by atoms with E-state index in [-0.39, 0.29) is 0 Å². The predicted octanol–water partition coefficient (Wildman–Crippen LogP) is 1.33. The van der Waals surface area contributed by atoms with Crippen molar-refractivity contribution in [2.75, 3.05) is 4.43 Å². The lowest BCUT2D eigenvalue weighted by atomic mass is 10.5. The zero-order valence-corrected chi connectivity index (χ0v) is 8.45. The van der Waals surface area contributed by atoms with Crippen molar-refractivity contribution in [1.29, 1.82) is 0 Å². The Morgan fingerprint density at radius 1 is 1.50 bits per heavy atom. The van der Waals surface area contributed by atoms with Gasteiger partial charge in [-0.25, -0.2) is 15.0 Å². The Morgan fingerprint density at radius 2 is 2.42 bits per heavy atom. The van der Waals surface area contributed by atoms with Gasteiger partial charge in [0.2, 0.25) is 0 Å². The van der Waals surface area contributed by atoms with Crippen LogP contribution in [0.2, 0.25) is 0 Å². The van der Waals surface area contributed by atoms with Crippen LogP contribution in [0.1, 0.15) is 5.82 Å². The molecule has 2 aromatic heterocycles. The molecule has 2 aromatic rings. The van der Waals surface area contributed by atoms with E-state index in [0.717, 1.165) is 27.8 Å². The SMILES string of the molecule is ICCc1nc2cncnc2[nH]1. The summed E-state index contributed by atoms with van der Waals surface area (Å²) in [7, 11) is 0. The Kier molecular flexibility index (Phi) is 2.20. The van der Waals surface area contributed by atoms with Crippen molar-refractivity contribution < 1.29 is 0 Å². The Labute approximate surface area is 83.0 Å². The molecule has 0 aliphatic rings. The molecular weight excluding hydrogens is 267 g/mol. The summed E-state index contributed by atoms with van der Waals surface area (Å²) in [6.07, 6.45) is 4.20. The van der Waals surface area contributed by atoms with Gasteiger partial charge in [-0.05, 0) is 0 Å². The first-order valence-corrected chi connectivity index (χ1v) is 5.13. The predicted molar refractivity (Wildman–Crippen MR) is 54.3 cm³/mol. The third-order valence-corrected chi connectivity index (χ3v) is 2.08. The lowest BCUT2D eigenvalue weighted by Crippen LogP contribution is -1.86. The highest BCUT2D eigenvalue weighted by atomic mass is 127. The highest BCUT2D eigenvalue weighted by molar-refractivity contribution is 14.1. The molecule has 0 aliphatic heterocycles. The molecule has 0 fully saturated rings. The summed E-state index contributed by atoms with van der Waals surface area (Å²) in [5, 5.41) is 0. The van der Waals surface area contributed by atoms with Gasteiger partial charge in [0.05, 0.1) is 6.20 Å². The highest BCUT2D eigenvalue weighted by Crippen LogP contribution is 2.06. The zero-order chi connectivity index (χ0) is 8.39. The van der Waals surface area contributed by atoms with Crippen molar-refractivity contribution in [3.63, 3.8) is 0 Å². The molecule has 0 aliphatic carbocycles. The Bertz CT molecular complexity index is 351. The van der Waals surface area contributed by atoms with Gasteiger partial charge in [0.25, 0.3) is 0 Å². The van der Waals surface area contributed by atoms with E-state index in [0.29, 0.717) is 0 Å². The normalized spacial score (nSPS) is 10.8. The van der Waals surface area contributed by atoms with Crippen LogP contribution in [0.4, 0.5) is 0 Å². The molecule has 0 amide bonds. The molecule has 0 atom stereocenters. The minimum atomic E-state index is 0.824. The Hall–Kier alpha value is -0.720. The van der Waals surface area contributed by atoms with Gasteiger partial charge in [-0.2, -0.15) is 0 Å². The largest absolute Gasteiger partial charge is 0.327 e. The van der Waals surface area contributed by atoms with Crippen LogP contribution in [-0.2, 0) is 6.42 Å². The van der Waals surface area contributed by atoms with Crippen molar-refractivity contribution in [2.24, 2.45) is 0 Å². The lowest BCUT2D eigenvalue weighted by Gasteiger charge is -1.85. The first-order chi connectivity index (χ1) is 5.90. The van der Waals surface area contributed by atoms with Gasteiger partial charge in [-0.3, -0.25) is 0 Å². The molecule has 0 radical (unpaired) electrons. The number of halogens is 1. The molecule has 5 heteroatoms. The van der Waals surface area contributed by atoms with Gasteiger partial charge in [-0.1, -0.05) is 22.6 Å². The average molecular weight is 274 g/mol. The van der Waals surface area contributed by atoms with Crippen molar-refractivity contribution in [1.82, 2.24) is 19.9 Å². The fourth-order valence-electron chi connectivity index (χ4n) is 1.02. The molecule has 12 heavy (non-hydrogen) atoms. The summed E-state index contributed by atoms with van der Waals surface area (Å²) in [5.41, 5.74) is 1.67. The van der Waals surface area contributed by atoms with Gasteiger partial charge in [0.15, 0.2) is 5.65 Å². The van der Waals surface area contributed by atoms with Crippen molar-refractivity contribution >= 4 is 33.8 Å². The zero-order valence-electron chi connectivity index (χ0n) is 6.29. The Balaban J connectivity index is 2.47. The van der Waals surface area contributed by atoms with E-state index in [1.54, 1.807) is 6.20 Å². The average Bonchev–Trinajstić information content (AvgIpc) is 2.47. The minimum Gasteiger partial charge on any atom is -0.327 e. The van der Waals surface area contributed by atoms with Crippen molar-refractivity contribution in [3.05, 3.63) is 18.3 Å². The topological polar surface area (TPSA) is 54.5 Å². The molecule has 2 rings (SSSR count). The van der Waals surface area contributed by atoms with Crippen LogP contribution in [0.15, 0.2) is 12.5 Å². The van der Waals surface area contributed by atoms with Crippen LogP contribution >= 0.6 is 22.6 Å². The molecule has 62 valence electrons. The number of imidazole rings is 1. The summed E-state index contributed by atoms with van der Waals surface area (Å²) < 4.78 is 1.06. The monoisotopic (exact) mass is 274 g/mol. The van der Waals surface area contributed by atoms with Crippen LogP contribution in [0.3, 0.4) is 0 Å². The second kappa shape index (κ2) is 3.34. The van der Waals surface area contributed by atoms with E-state index in [4.69, 9.17) is 0 Å². The molecule has 1 N–H and O–H groups in total. The van der Waals surface area contributed by atoms with Gasteiger partial charge < -0.3 is 4.98 Å². The number of nitrogens with zero attached hydrogens (tertiary/aromatic N) is 3. The highest BCUT2D eigenvalue weighted by Gasteiger charge is 2.01. The number of aryl methyl sites for hydroxylation is 1. The van der Waals surface area contributed by atoms with E-state index in [1.807, 2.05) is 0 Å². The summed E-state index contributed by atoms with van der Waals surface area (Å²) in [5.74, 6) is 0.986. The molecule has 2 heterocycles. The number of rotatable bonds is 2. The molecular formula is C7H7IN4.